The highest BCUT2D eigenvalue weighted by molar-refractivity contribution is 9.10. The van der Waals surface area contributed by atoms with Crippen LogP contribution in [-0.2, 0) is 13.0 Å². The maximum atomic E-state index is 13.2. The highest BCUT2D eigenvalue weighted by Crippen LogP contribution is 2.37. The number of methoxy groups -OCH3 is 4. The normalized spacial score (nSPS) is 10.8. The van der Waals surface area contributed by atoms with Gasteiger partial charge in [-0.15, -0.1) is 0 Å². The zero-order chi connectivity index (χ0) is 25.8. The van der Waals surface area contributed by atoms with Crippen molar-refractivity contribution in [3.05, 3.63) is 86.6 Å². The first-order valence-corrected chi connectivity index (χ1v) is 12.7. The molecule has 4 rings (SSSR count). The van der Waals surface area contributed by atoms with Gasteiger partial charge in [0.05, 0.1) is 40.2 Å². The summed E-state index contributed by atoms with van der Waals surface area (Å²) >= 11 is 7.11. The topological polar surface area (TPSA) is 57.9 Å². The van der Waals surface area contributed by atoms with E-state index in [-0.39, 0.29) is 12.3 Å². The molecule has 8 heteroatoms. The Labute approximate surface area is 227 Å². The number of aromatic nitrogens is 1. The first kappa shape index (κ1) is 26.0. The summed E-state index contributed by atoms with van der Waals surface area (Å²) in [7, 11) is 6.45. The predicted octanol–water partition coefficient (Wildman–Crippen LogP) is 6.16. The summed E-state index contributed by atoms with van der Waals surface area (Å²) in [6.45, 7) is 0.187. The standard InChI is InChI=1S/C28H26Br2NO5/c1-33-25-12-18-9-10-31(16-24(32)17-5-7-20(29)8-6-17)23(21(18)14-27(25)35-3)11-19-13-26(34-2)28(36-4)15-22(19)30/h5-10,12-15H,11,16H2,1-4H3/q+1. The third-order valence-corrected chi connectivity index (χ3v) is 7.30. The number of halogens is 2. The number of nitrogens with zero attached hydrogens (tertiary/aromatic N) is 1. The molecule has 0 aliphatic carbocycles. The highest BCUT2D eigenvalue weighted by atomic mass is 79.9. The maximum Gasteiger partial charge on any atom is 0.227 e. The van der Waals surface area contributed by atoms with Crippen LogP contribution in [0.4, 0.5) is 0 Å². The molecule has 0 aliphatic heterocycles. The van der Waals surface area contributed by atoms with Gasteiger partial charge in [-0.3, -0.25) is 4.79 Å². The number of carbonyl (C=O) groups is 1. The second kappa shape index (κ2) is 11.3. The molecular formula is C28H26Br2NO5+. The quantitative estimate of drug-likeness (QED) is 0.167. The van der Waals surface area contributed by atoms with Gasteiger partial charge in [0.15, 0.2) is 34.9 Å². The minimum Gasteiger partial charge on any atom is -0.493 e. The summed E-state index contributed by atoms with van der Waals surface area (Å²) in [4.78, 5) is 13.2. The fourth-order valence-corrected chi connectivity index (χ4v) is 4.86. The van der Waals surface area contributed by atoms with Crippen LogP contribution in [0.15, 0.2) is 69.7 Å². The molecule has 36 heavy (non-hydrogen) atoms. The molecule has 3 aromatic carbocycles. The molecule has 1 aromatic heterocycles. The minimum absolute atomic E-state index is 0.0138. The van der Waals surface area contributed by atoms with Gasteiger partial charge in [-0.05, 0) is 47.3 Å². The Bertz CT molecular complexity index is 1420. The van der Waals surface area contributed by atoms with Crippen molar-refractivity contribution in [3.8, 4) is 23.0 Å². The molecule has 1 heterocycles. The number of carbonyl (C=O) groups excluding carboxylic acids is 1. The molecule has 0 aliphatic rings. The Morgan fingerprint density at radius 1 is 0.778 bits per heavy atom. The van der Waals surface area contributed by atoms with Crippen molar-refractivity contribution >= 4 is 48.4 Å². The van der Waals surface area contributed by atoms with Gasteiger partial charge < -0.3 is 18.9 Å². The number of rotatable bonds is 9. The smallest absolute Gasteiger partial charge is 0.227 e. The van der Waals surface area contributed by atoms with Gasteiger partial charge in [0.1, 0.15) is 0 Å². The van der Waals surface area contributed by atoms with Crippen molar-refractivity contribution in [2.75, 3.05) is 28.4 Å². The van der Waals surface area contributed by atoms with E-state index in [9.17, 15) is 4.79 Å². The Morgan fingerprint density at radius 2 is 1.36 bits per heavy atom. The second-order valence-electron chi connectivity index (χ2n) is 8.09. The summed E-state index contributed by atoms with van der Waals surface area (Å²) in [5, 5.41) is 1.94. The fourth-order valence-electron chi connectivity index (χ4n) is 4.14. The summed E-state index contributed by atoms with van der Waals surface area (Å²) in [6.07, 6.45) is 2.47. The molecule has 0 amide bonds. The van der Waals surface area contributed by atoms with E-state index in [0.717, 1.165) is 31.0 Å². The van der Waals surface area contributed by atoms with Crippen molar-refractivity contribution in [1.82, 2.24) is 0 Å². The highest BCUT2D eigenvalue weighted by Gasteiger charge is 2.23. The number of ketones is 1. The molecule has 0 N–H and O–H groups in total. The Hall–Kier alpha value is -3.10. The van der Waals surface area contributed by atoms with E-state index >= 15 is 0 Å². The van der Waals surface area contributed by atoms with E-state index < -0.39 is 0 Å². The third-order valence-electron chi connectivity index (χ3n) is 6.04. The maximum absolute atomic E-state index is 13.2. The number of ether oxygens (including phenoxy) is 4. The summed E-state index contributed by atoms with van der Waals surface area (Å²) in [5.74, 6) is 2.55. The average molecular weight is 616 g/mol. The predicted molar refractivity (Wildman–Crippen MR) is 146 cm³/mol. The first-order valence-electron chi connectivity index (χ1n) is 11.1. The number of hydrogen-bond donors (Lipinski definition) is 0. The molecule has 0 atom stereocenters. The van der Waals surface area contributed by atoms with Crippen molar-refractivity contribution in [2.45, 2.75) is 13.0 Å². The van der Waals surface area contributed by atoms with Crippen LogP contribution in [0.1, 0.15) is 21.6 Å². The van der Waals surface area contributed by atoms with Crippen LogP contribution in [0.25, 0.3) is 10.8 Å². The Kier molecular flexibility index (Phi) is 8.16. The molecule has 4 aromatic rings. The molecule has 0 bridgehead atoms. The molecule has 0 spiro atoms. The van der Waals surface area contributed by atoms with Gasteiger partial charge in [0, 0.05) is 20.6 Å². The van der Waals surface area contributed by atoms with E-state index in [0.29, 0.717) is 35.0 Å². The number of hydrogen-bond acceptors (Lipinski definition) is 5. The van der Waals surface area contributed by atoms with Crippen LogP contribution in [0, 0.1) is 0 Å². The molecule has 0 radical (unpaired) electrons. The van der Waals surface area contributed by atoms with Crippen molar-refractivity contribution in [3.63, 3.8) is 0 Å². The third kappa shape index (κ3) is 5.34. The molecule has 0 fully saturated rings. The van der Waals surface area contributed by atoms with Crippen molar-refractivity contribution in [1.29, 1.82) is 0 Å². The lowest BCUT2D eigenvalue weighted by atomic mass is 10.0. The zero-order valence-electron chi connectivity index (χ0n) is 20.4. The Balaban J connectivity index is 1.86. The van der Waals surface area contributed by atoms with E-state index in [1.54, 1.807) is 28.4 Å². The average Bonchev–Trinajstić information content (AvgIpc) is 2.90. The summed E-state index contributed by atoms with van der Waals surface area (Å²) in [6, 6.07) is 17.1. The fraction of sp³-hybridized carbons (Fsp3) is 0.214. The van der Waals surface area contributed by atoms with Crippen LogP contribution in [0.5, 0.6) is 23.0 Å². The molecular weight excluding hydrogens is 590 g/mol. The minimum atomic E-state index is 0.0138. The monoisotopic (exact) mass is 614 g/mol. The lowest BCUT2D eigenvalue weighted by molar-refractivity contribution is -0.688. The van der Waals surface area contributed by atoms with E-state index in [1.165, 1.54) is 0 Å². The van der Waals surface area contributed by atoms with Gasteiger partial charge in [-0.25, -0.2) is 0 Å². The van der Waals surface area contributed by atoms with Crippen molar-refractivity contribution in [2.24, 2.45) is 0 Å². The van der Waals surface area contributed by atoms with E-state index in [2.05, 4.69) is 31.9 Å². The van der Waals surface area contributed by atoms with Crippen LogP contribution in [-0.4, -0.2) is 34.2 Å². The van der Waals surface area contributed by atoms with Crippen LogP contribution < -0.4 is 23.5 Å². The van der Waals surface area contributed by atoms with Crippen LogP contribution in [0.2, 0.25) is 0 Å². The van der Waals surface area contributed by atoms with Crippen LogP contribution in [0.3, 0.4) is 0 Å². The molecule has 0 unspecified atom stereocenters. The number of pyridine rings is 1. The summed E-state index contributed by atoms with van der Waals surface area (Å²) in [5.41, 5.74) is 2.59. The number of benzene rings is 3. The largest absolute Gasteiger partial charge is 0.493 e. The Morgan fingerprint density at radius 3 is 2.00 bits per heavy atom. The first-order chi connectivity index (χ1) is 17.4. The van der Waals surface area contributed by atoms with Gasteiger partial charge in [-0.1, -0.05) is 44.0 Å². The van der Waals surface area contributed by atoms with Crippen molar-refractivity contribution < 1.29 is 28.3 Å². The van der Waals surface area contributed by atoms with Crippen LogP contribution >= 0.6 is 31.9 Å². The SMILES string of the molecule is COc1cc(Br)c(Cc2c3cc(OC)c(OC)cc3cc[n+]2CC(=O)c2ccc(Br)cc2)cc1OC. The zero-order valence-corrected chi connectivity index (χ0v) is 23.6. The van der Waals surface area contributed by atoms with E-state index in [4.69, 9.17) is 18.9 Å². The van der Waals surface area contributed by atoms with Gasteiger partial charge in [0.25, 0.3) is 0 Å². The van der Waals surface area contributed by atoms with E-state index in [1.807, 2.05) is 65.4 Å². The lowest BCUT2D eigenvalue weighted by Gasteiger charge is -2.14. The van der Waals surface area contributed by atoms with Gasteiger partial charge >= 0.3 is 0 Å². The summed E-state index contributed by atoms with van der Waals surface area (Å²) < 4.78 is 25.9. The number of fused-ring (bicyclic) bond motifs is 1. The lowest BCUT2D eigenvalue weighted by Crippen LogP contribution is -2.42. The number of Topliss-reactive ketones (excluding diaryl/α,β-unsaturated/α-hetero) is 1. The molecule has 6 nitrogen and oxygen atoms in total. The molecule has 0 saturated heterocycles. The second-order valence-corrected chi connectivity index (χ2v) is 9.86. The molecule has 0 saturated carbocycles. The van der Waals surface area contributed by atoms with Gasteiger partial charge in [-0.2, -0.15) is 4.57 Å². The molecule has 186 valence electrons. The van der Waals surface area contributed by atoms with Gasteiger partial charge in [0.2, 0.25) is 12.3 Å².